The van der Waals surface area contributed by atoms with Crippen LogP contribution in [0.4, 0.5) is 0 Å². The second kappa shape index (κ2) is 5.29. The van der Waals surface area contributed by atoms with Crippen molar-refractivity contribution in [3.63, 3.8) is 0 Å². The van der Waals surface area contributed by atoms with Crippen molar-refractivity contribution in [1.82, 2.24) is 15.1 Å². The summed E-state index contributed by atoms with van der Waals surface area (Å²) in [7, 11) is 0. The molecule has 1 amide bonds. The third-order valence-electron chi connectivity index (χ3n) is 2.94. The number of primary amides is 1. The first-order valence-corrected chi connectivity index (χ1v) is 6.74. The second-order valence-corrected chi connectivity index (χ2v) is 6.03. The zero-order valence-electron chi connectivity index (χ0n) is 10.7. The Morgan fingerprint density at radius 1 is 1.44 bits per heavy atom. The van der Waals surface area contributed by atoms with Crippen molar-refractivity contribution < 1.29 is 9.53 Å². The number of nitrogens with zero attached hydrogens (tertiary/aromatic N) is 3. The lowest BCUT2D eigenvalue weighted by molar-refractivity contribution is 0.0295. The maximum Gasteiger partial charge on any atom is 0.279 e. The number of ether oxygens (including phenoxy) is 1. The summed E-state index contributed by atoms with van der Waals surface area (Å²) >= 11 is 1.28. The van der Waals surface area contributed by atoms with Gasteiger partial charge in [0, 0.05) is 25.0 Å². The van der Waals surface area contributed by atoms with Crippen LogP contribution in [0.3, 0.4) is 0 Å². The van der Waals surface area contributed by atoms with E-state index in [9.17, 15) is 4.79 Å². The number of carbonyl (C=O) groups is 1. The highest BCUT2D eigenvalue weighted by Crippen LogP contribution is 2.27. The van der Waals surface area contributed by atoms with Crippen LogP contribution in [0.5, 0.6) is 0 Å². The molecular formula is C11H18N4O2S. The van der Waals surface area contributed by atoms with Gasteiger partial charge in [0.05, 0.1) is 13.2 Å². The van der Waals surface area contributed by atoms with Gasteiger partial charge in [-0.15, -0.1) is 10.2 Å². The number of amides is 1. The van der Waals surface area contributed by atoms with E-state index >= 15 is 0 Å². The molecule has 1 aromatic rings. The third-order valence-corrected chi connectivity index (χ3v) is 4.24. The first-order chi connectivity index (χ1) is 8.49. The van der Waals surface area contributed by atoms with Crippen LogP contribution >= 0.6 is 11.3 Å². The molecule has 2 N–H and O–H groups in total. The number of hydrogen-bond acceptors (Lipinski definition) is 6. The summed E-state index contributed by atoms with van der Waals surface area (Å²) in [6, 6.07) is 0. The largest absolute Gasteiger partial charge is 0.379 e. The minimum Gasteiger partial charge on any atom is -0.379 e. The van der Waals surface area contributed by atoms with Crippen molar-refractivity contribution in [3.05, 3.63) is 10.0 Å². The van der Waals surface area contributed by atoms with E-state index in [-0.39, 0.29) is 10.4 Å². The molecule has 18 heavy (non-hydrogen) atoms. The van der Waals surface area contributed by atoms with Crippen LogP contribution < -0.4 is 5.73 Å². The monoisotopic (exact) mass is 270 g/mol. The molecule has 0 aromatic carbocycles. The normalized spacial score (nSPS) is 17.9. The molecule has 6 nitrogen and oxygen atoms in total. The van der Waals surface area contributed by atoms with Gasteiger partial charge in [-0.05, 0) is 0 Å². The van der Waals surface area contributed by atoms with Crippen molar-refractivity contribution in [2.75, 3.05) is 32.8 Å². The van der Waals surface area contributed by atoms with Crippen molar-refractivity contribution >= 4 is 17.2 Å². The van der Waals surface area contributed by atoms with Crippen molar-refractivity contribution in [3.8, 4) is 0 Å². The highest BCUT2D eigenvalue weighted by molar-refractivity contribution is 7.13. The summed E-state index contributed by atoms with van der Waals surface area (Å²) < 4.78 is 5.33. The predicted octanol–water partition coefficient (Wildman–Crippen LogP) is 0.247. The van der Waals surface area contributed by atoms with Crippen molar-refractivity contribution in [1.29, 1.82) is 0 Å². The van der Waals surface area contributed by atoms with Gasteiger partial charge in [0.15, 0.2) is 0 Å². The average molecular weight is 270 g/mol. The minimum absolute atomic E-state index is 0.136. The molecule has 2 rings (SSSR count). The average Bonchev–Trinajstić information content (AvgIpc) is 2.79. The molecule has 1 saturated heterocycles. The molecule has 0 spiro atoms. The Morgan fingerprint density at radius 3 is 2.67 bits per heavy atom. The van der Waals surface area contributed by atoms with Crippen LogP contribution in [-0.4, -0.2) is 53.9 Å². The first kappa shape index (κ1) is 13.4. The number of hydrogen-bond donors (Lipinski definition) is 1. The fourth-order valence-corrected chi connectivity index (χ4v) is 2.77. The SMILES string of the molecule is CC(C)(CN1CCOCC1)c1nnc(C(N)=O)s1. The van der Waals surface area contributed by atoms with E-state index in [4.69, 9.17) is 10.5 Å². The number of morpholine rings is 1. The Balaban J connectivity index is 2.06. The quantitative estimate of drug-likeness (QED) is 0.848. The molecule has 1 aliphatic heterocycles. The fourth-order valence-electron chi connectivity index (χ4n) is 1.98. The summed E-state index contributed by atoms with van der Waals surface area (Å²) in [5.41, 5.74) is 5.06. The molecule has 2 heterocycles. The molecular weight excluding hydrogens is 252 g/mol. The molecule has 0 bridgehead atoms. The number of aromatic nitrogens is 2. The van der Waals surface area contributed by atoms with E-state index in [2.05, 4.69) is 28.9 Å². The molecule has 0 saturated carbocycles. The zero-order valence-corrected chi connectivity index (χ0v) is 11.5. The van der Waals surface area contributed by atoms with Crippen LogP contribution in [0.1, 0.15) is 28.7 Å². The summed E-state index contributed by atoms with van der Waals surface area (Å²) in [4.78, 5) is 13.4. The van der Waals surface area contributed by atoms with E-state index in [0.717, 1.165) is 37.9 Å². The zero-order chi connectivity index (χ0) is 13.2. The van der Waals surface area contributed by atoms with Crippen LogP contribution in [0.2, 0.25) is 0 Å². The van der Waals surface area contributed by atoms with E-state index in [1.165, 1.54) is 11.3 Å². The summed E-state index contributed by atoms with van der Waals surface area (Å²) in [5, 5.41) is 9.04. The molecule has 7 heteroatoms. The molecule has 0 radical (unpaired) electrons. The highest BCUT2D eigenvalue weighted by atomic mass is 32.1. The predicted molar refractivity (Wildman–Crippen MR) is 68.7 cm³/mol. The van der Waals surface area contributed by atoms with E-state index in [1.54, 1.807) is 0 Å². The van der Waals surface area contributed by atoms with Gasteiger partial charge in [0.25, 0.3) is 5.91 Å². The van der Waals surface area contributed by atoms with E-state index < -0.39 is 5.91 Å². The summed E-state index contributed by atoms with van der Waals surface area (Å²) in [5.74, 6) is -0.513. The molecule has 0 aliphatic carbocycles. The molecule has 1 aromatic heterocycles. The first-order valence-electron chi connectivity index (χ1n) is 5.93. The van der Waals surface area contributed by atoms with Crippen LogP contribution in [0.25, 0.3) is 0 Å². The van der Waals surface area contributed by atoms with E-state index in [1.807, 2.05) is 0 Å². The molecule has 1 fully saturated rings. The van der Waals surface area contributed by atoms with Gasteiger partial charge in [-0.2, -0.15) is 0 Å². The Hall–Kier alpha value is -1.05. The van der Waals surface area contributed by atoms with Crippen molar-refractivity contribution in [2.45, 2.75) is 19.3 Å². The number of carbonyl (C=O) groups excluding carboxylic acids is 1. The lowest BCUT2D eigenvalue weighted by Gasteiger charge is -2.33. The fraction of sp³-hybridized carbons (Fsp3) is 0.727. The lowest BCUT2D eigenvalue weighted by atomic mass is 9.93. The van der Waals surface area contributed by atoms with Gasteiger partial charge in [-0.3, -0.25) is 9.69 Å². The molecule has 100 valence electrons. The van der Waals surface area contributed by atoms with E-state index in [0.29, 0.717) is 0 Å². The smallest absolute Gasteiger partial charge is 0.279 e. The Bertz CT molecular complexity index is 426. The second-order valence-electron chi connectivity index (χ2n) is 5.05. The maximum atomic E-state index is 11.0. The van der Waals surface area contributed by atoms with Gasteiger partial charge >= 0.3 is 0 Å². The van der Waals surface area contributed by atoms with Crippen LogP contribution in [0.15, 0.2) is 0 Å². The summed E-state index contributed by atoms with van der Waals surface area (Å²) in [6.07, 6.45) is 0. The minimum atomic E-state index is -0.513. The summed E-state index contributed by atoms with van der Waals surface area (Å²) in [6.45, 7) is 8.51. The third kappa shape index (κ3) is 3.04. The molecule has 0 atom stereocenters. The Morgan fingerprint density at radius 2 is 2.11 bits per heavy atom. The van der Waals surface area contributed by atoms with Crippen molar-refractivity contribution in [2.24, 2.45) is 5.73 Å². The maximum absolute atomic E-state index is 11.0. The topological polar surface area (TPSA) is 81.3 Å². The van der Waals surface area contributed by atoms with Gasteiger partial charge < -0.3 is 10.5 Å². The van der Waals surface area contributed by atoms with Crippen LogP contribution in [0, 0.1) is 0 Å². The van der Waals surface area contributed by atoms with Crippen LogP contribution in [-0.2, 0) is 10.2 Å². The Labute approximate surface area is 110 Å². The Kier molecular flexibility index (Phi) is 3.94. The highest BCUT2D eigenvalue weighted by Gasteiger charge is 2.29. The molecule has 0 unspecified atom stereocenters. The van der Waals surface area contributed by atoms with Gasteiger partial charge in [0.2, 0.25) is 5.01 Å². The number of rotatable bonds is 4. The lowest BCUT2D eigenvalue weighted by Crippen LogP contribution is -2.43. The number of nitrogens with two attached hydrogens (primary N) is 1. The molecule has 1 aliphatic rings. The van der Waals surface area contributed by atoms with Gasteiger partial charge in [0.1, 0.15) is 5.01 Å². The standard InChI is InChI=1S/C11H18N4O2S/c1-11(2,7-15-3-5-17-6-4-15)10-14-13-9(18-10)8(12)16/h3-7H2,1-2H3,(H2,12,16). The van der Waals surface area contributed by atoms with Gasteiger partial charge in [-0.1, -0.05) is 25.2 Å². The van der Waals surface area contributed by atoms with Gasteiger partial charge in [-0.25, -0.2) is 0 Å².